The molecule has 0 aliphatic rings. The van der Waals surface area contributed by atoms with Crippen LogP contribution in [0.2, 0.25) is 0 Å². The number of nitrogens with one attached hydrogen (secondary N) is 1. The van der Waals surface area contributed by atoms with E-state index in [-0.39, 0.29) is 22.9 Å². The van der Waals surface area contributed by atoms with Gasteiger partial charge in [-0.25, -0.2) is 10.2 Å². The van der Waals surface area contributed by atoms with E-state index in [2.05, 4.69) is 17.5 Å². The predicted octanol–water partition coefficient (Wildman–Crippen LogP) is 4.62. The van der Waals surface area contributed by atoms with Crippen molar-refractivity contribution in [3.05, 3.63) is 69.8 Å². The Bertz CT molecular complexity index is 911. The van der Waals surface area contributed by atoms with Gasteiger partial charge in [-0.05, 0) is 30.2 Å². The molecule has 0 saturated heterocycles. The zero-order valence-corrected chi connectivity index (χ0v) is 16.9. The molecule has 0 bridgehead atoms. The number of nitro groups is 1. The molecule has 2 aromatic rings. The van der Waals surface area contributed by atoms with Gasteiger partial charge in [0.05, 0.1) is 16.7 Å². The molecule has 1 amide bonds. The Morgan fingerprint density at radius 2 is 1.87 bits per heavy atom. The van der Waals surface area contributed by atoms with Gasteiger partial charge in [0.25, 0.3) is 5.69 Å². The van der Waals surface area contributed by atoms with E-state index in [1.165, 1.54) is 30.8 Å². The Balaban J connectivity index is 1.87. The molecule has 0 fully saturated rings. The Morgan fingerprint density at radius 1 is 1.10 bits per heavy atom. The molecule has 2 rings (SSSR count). The molecule has 8 nitrogen and oxygen atoms in total. The van der Waals surface area contributed by atoms with Crippen molar-refractivity contribution in [3.8, 4) is 5.75 Å². The minimum Gasteiger partial charge on any atom is -0.423 e. The van der Waals surface area contributed by atoms with Gasteiger partial charge >= 0.3 is 5.97 Å². The highest BCUT2D eigenvalue weighted by molar-refractivity contribution is 5.92. The van der Waals surface area contributed by atoms with E-state index in [0.29, 0.717) is 12.0 Å². The summed E-state index contributed by atoms with van der Waals surface area (Å²) in [6.07, 6.45) is 7.24. The number of ether oxygens (including phenoxy) is 1. The molecule has 0 unspecified atom stereocenters. The summed E-state index contributed by atoms with van der Waals surface area (Å²) in [5, 5.41) is 14.8. The molecule has 0 aliphatic carbocycles. The van der Waals surface area contributed by atoms with Gasteiger partial charge in [0.15, 0.2) is 0 Å². The summed E-state index contributed by atoms with van der Waals surface area (Å²) in [5.74, 6) is -0.585. The first-order chi connectivity index (χ1) is 14.5. The van der Waals surface area contributed by atoms with Crippen LogP contribution in [0, 0.1) is 10.1 Å². The van der Waals surface area contributed by atoms with E-state index in [9.17, 15) is 19.7 Å². The molecule has 0 heterocycles. The van der Waals surface area contributed by atoms with Crippen molar-refractivity contribution in [1.82, 2.24) is 5.43 Å². The molecule has 1 N–H and O–H groups in total. The zero-order chi connectivity index (χ0) is 21.8. The number of hydrazone groups is 1. The second-order valence-electron chi connectivity index (χ2n) is 6.73. The Kier molecular flexibility index (Phi) is 9.18. The third-order valence-corrected chi connectivity index (χ3v) is 4.27. The fourth-order valence-electron chi connectivity index (χ4n) is 2.69. The molecule has 0 radical (unpaired) electrons. The van der Waals surface area contributed by atoms with E-state index < -0.39 is 10.9 Å². The second-order valence-corrected chi connectivity index (χ2v) is 6.73. The molecule has 30 heavy (non-hydrogen) atoms. The van der Waals surface area contributed by atoms with E-state index >= 15 is 0 Å². The molecule has 158 valence electrons. The number of non-ortho nitro benzene ring substituents is 1. The molecule has 0 spiro atoms. The van der Waals surface area contributed by atoms with Crippen LogP contribution in [0.1, 0.15) is 61.4 Å². The summed E-state index contributed by atoms with van der Waals surface area (Å²) < 4.78 is 5.28. The highest BCUT2D eigenvalue weighted by Crippen LogP contribution is 2.17. The Labute approximate surface area is 175 Å². The van der Waals surface area contributed by atoms with Crippen LogP contribution in [0.15, 0.2) is 53.6 Å². The van der Waals surface area contributed by atoms with Gasteiger partial charge < -0.3 is 4.74 Å². The smallest absolute Gasteiger partial charge is 0.343 e. The molecule has 0 atom stereocenters. The number of carbonyl (C=O) groups excluding carboxylic acids is 2. The maximum absolute atomic E-state index is 12.2. The normalized spacial score (nSPS) is 10.7. The van der Waals surface area contributed by atoms with Gasteiger partial charge in [-0.1, -0.05) is 50.8 Å². The van der Waals surface area contributed by atoms with Gasteiger partial charge in [-0.3, -0.25) is 14.9 Å². The SMILES string of the molecule is CCCCCCCC(=O)NN=Cc1cccc(OC(=O)c2cccc([N+](=O)[O-])c2)c1. The molecule has 0 saturated carbocycles. The highest BCUT2D eigenvalue weighted by atomic mass is 16.6. The third kappa shape index (κ3) is 7.83. The lowest BCUT2D eigenvalue weighted by molar-refractivity contribution is -0.384. The fourth-order valence-corrected chi connectivity index (χ4v) is 2.69. The van der Waals surface area contributed by atoms with Crippen LogP contribution in [-0.2, 0) is 4.79 Å². The van der Waals surface area contributed by atoms with Crippen LogP contribution < -0.4 is 10.2 Å². The molecular weight excluding hydrogens is 386 g/mol. The summed E-state index contributed by atoms with van der Waals surface area (Å²) >= 11 is 0. The Hall–Kier alpha value is -3.55. The summed E-state index contributed by atoms with van der Waals surface area (Å²) in [7, 11) is 0. The van der Waals surface area contributed by atoms with Gasteiger partial charge in [-0.2, -0.15) is 5.10 Å². The van der Waals surface area contributed by atoms with Gasteiger partial charge in [0, 0.05) is 18.6 Å². The van der Waals surface area contributed by atoms with Crippen LogP contribution in [-0.4, -0.2) is 23.0 Å². The Morgan fingerprint density at radius 3 is 2.63 bits per heavy atom. The van der Waals surface area contributed by atoms with Crippen LogP contribution in [0.25, 0.3) is 0 Å². The molecular formula is C22H25N3O5. The van der Waals surface area contributed by atoms with Gasteiger partial charge in [0.2, 0.25) is 5.91 Å². The molecule has 0 aromatic heterocycles. The minimum atomic E-state index is -0.704. The first kappa shape index (κ1) is 22.7. The van der Waals surface area contributed by atoms with Crippen LogP contribution in [0.5, 0.6) is 5.75 Å². The maximum Gasteiger partial charge on any atom is 0.343 e. The third-order valence-electron chi connectivity index (χ3n) is 4.27. The van der Waals surface area contributed by atoms with Gasteiger partial charge in [-0.15, -0.1) is 0 Å². The number of hydrogen-bond donors (Lipinski definition) is 1. The first-order valence-corrected chi connectivity index (χ1v) is 9.88. The monoisotopic (exact) mass is 411 g/mol. The van der Waals surface area contributed by atoms with Crippen molar-refractivity contribution in [2.45, 2.75) is 45.4 Å². The summed E-state index contributed by atoms with van der Waals surface area (Å²) in [5.41, 5.74) is 3.00. The number of esters is 1. The number of hydrogen-bond acceptors (Lipinski definition) is 6. The number of nitro benzene ring substituents is 1. The van der Waals surface area contributed by atoms with Crippen molar-refractivity contribution in [1.29, 1.82) is 0 Å². The van der Waals surface area contributed by atoms with Crippen LogP contribution in [0.3, 0.4) is 0 Å². The average molecular weight is 411 g/mol. The van der Waals surface area contributed by atoms with E-state index in [4.69, 9.17) is 4.74 Å². The lowest BCUT2D eigenvalue weighted by Crippen LogP contribution is -2.16. The number of nitrogens with zero attached hydrogens (tertiary/aromatic N) is 2. The summed E-state index contributed by atoms with van der Waals surface area (Å²) in [6, 6.07) is 11.9. The second kappa shape index (κ2) is 12.1. The first-order valence-electron chi connectivity index (χ1n) is 9.88. The number of rotatable bonds is 11. The minimum absolute atomic E-state index is 0.0782. The quantitative estimate of drug-likeness (QED) is 0.145. The van der Waals surface area contributed by atoms with E-state index in [1.54, 1.807) is 24.3 Å². The molecule has 0 aliphatic heterocycles. The largest absolute Gasteiger partial charge is 0.423 e. The lowest BCUT2D eigenvalue weighted by atomic mass is 10.1. The topological polar surface area (TPSA) is 111 Å². The van der Waals surface area contributed by atoms with E-state index in [0.717, 1.165) is 31.7 Å². The predicted molar refractivity (Wildman–Crippen MR) is 114 cm³/mol. The standard InChI is InChI=1S/C22H25N3O5/c1-2-3-4-5-6-13-21(26)24-23-16-17-9-7-12-20(14-17)30-22(27)18-10-8-11-19(15-18)25(28)29/h7-12,14-16H,2-6,13H2,1H3,(H,24,26). The molecule has 8 heteroatoms. The highest BCUT2D eigenvalue weighted by Gasteiger charge is 2.13. The lowest BCUT2D eigenvalue weighted by Gasteiger charge is -2.05. The van der Waals surface area contributed by atoms with Crippen molar-refractivity contribution >= 4 is 23.8 Å². The molecule has 2 aromatic carbocycles. The summed E-state index contributed by atoms with van der Waals surface area (Å²) in [4.78, 5) is 34.3. The number of carbonyl (C=O) groups is 2. The average Bonchev–Trinajstić information content (AvgIpc) is 2.74. The number of benzene rings is 2. The maximum atomic E-state index is 12.2. The van der Waals surface area contributed by atoms with E-state index in [1.807, 2.05) is 0 Å². The summed E-state index contributed by atoms with van der Waals surface area (Å²) in [6.45, 7) is 2.14. The van der Waals surface area contributed by atoms with Crippen molar-refractivity contribution in [2.24, 2.45) is 5.10 Å². The number of amides is 1. The van der Waals surface area contributed by atoms with Gasteiger partial charge in [0.1, 0.15) is 5.75 Å². The van der Waals surface area contributed by atoms with Crippen molar-refractivity contribution in [2.75, 3.05) is 0 Å². The van der Waals surface area contributed by atoms with Crippen molar-refractivity contribution in [3.63, 3.8) is 0 Å². The van der Waals surface area contributed by atoms with Crippen molar-refractivity contribution < 1.29 is 19.2 Å². The zero-order valence-electron chi connectivity index (χ0n) is 16.9. The fraction of sp³-hybridized carbons (Fsp3) is 0.318. The van der Waals surface area contributed by atoms with Crippen LogP contribution in [0.4, 0.5) is 5.69 Å². The number of unbranched alkanes of at least 4 members (excludes halogenated alkanes) is 4. The van der Waals surface area contributed by atoms with Crippen LogP contribution >= 0.6 is 0 Å².